The van der Waals surface area contributed by atoms with E-state index in [0.29, 0.717) is 24.5 Å². The number of anilines is 2. The lowest BCUT2D eigenvalue weighted by Crippen LogP contribution is -2.34. The van der Waals surface area contributed by atoms with E-state index in [9.17, 15) is 14.0 Å². The number of benzene rings is 1. The average molecular weight is 494 g/mol. The van der Waals surface area contributed by atoms with Crippen LogP contribution in [0, 0.1) is 5.82 Å². The minimum atomic E-state index is -0.512. The van der Waals surface area contributed by atoms with Crippen LogP contribution in [0.4, 0.5) is 16.2 Å². The van der Waals surface area contributed by atoms with Crippen molar-refractivity contribution in [3.63, 3.8) is 0 Å². The summed E-state index contributed by atoms with van der Waals surface area (Å²) in [6.45, 7) is 0.508. The Morgan fingerprint density at radius 2 is 2.06 bits per heavy atom. The van der Waals surface area contributed by atoms with Crippen LogP contribution in [0.2, 0.25) is 5.02 Å². The largest absolute Gasteiger partial charge is 0.368 e. The number of rotatable bonds is 3. The third-order valence-electron chi connectivity index (χ3n) is 6.06. The Hall–Kier alpha value is -4.32. The Morgan fingerprint density at radius 1 is 1.20 bits per heavy atom. The molecular weight excluding hydrogens is 477 g/mol. The normalized spacial score (nSPS) is 15.9. The summed E-state index contributed by atoms with van der Waals surface area (Å²) in [7, 11) is 0. The SMILES string of the molecule is Nc1nc(N2CCCC2c2nn3ccc(Cl)c3c(=O)n2-c2cccc(F)c2)c2c(=O)nc[nH]c2n1. The predicted octanol–water partition coefficient (Wildman–Crippen LogP) is 2.23. The Morgan fingerprint density at radius 3 is 2.89 bits per heavy atom. The molecule has 4 aromatic heterocycles. The third-order valence-corrected chi connectivity index (χ3v) is 6.36. The zero-order valence-electron chi connectivity index (χ0n) is 18.0. The fourth-order valence-corrected chi connectivity index (χ4v) is 4.83. The number of halogens is 2. The zero-order chi connectivity index (χ0) is 24.3. The molecule has 6 rings (SSSR count). The molecule has 0 radical (unpaired) electrons. The molecule has 5 aromatic rings. The lowest BCUT2D eigenvalue weighted by Gasteiger charge is -2.27. The number of hydrogen-bond donors (Lipinski definition) is 2. The molecule has 0 amide bonds. The fraction of sp³-hybridized carbons (Fsp3) is 0.182. The first kappa shape index (κ1) is 21.2. The molecular formula is C22H17ClFN9O2. The molecule has 0 aliphatic carbocycles. The first-order chi connectivity index (χ1) is 16.9. The van der Waals surface area contributed by atoms with Gasteiger partial charge < -0.3 is 15.6 Å². The van der Waals surface area contributed by atoms with Crippen LogP contribution in [0.3, 0.4) is 0 Å². The van der Waals surface area contributed by atoms with Gasteiger partial charge in [0.2, 0.25) is 5.95 Å². The van der Waals surface area contributed by atoms with E-state index in [0.717, 1.165) is 6.42 Å². The van der Waals surface area contributed by atoms with Gasteiger partial charge in [-0.15, -0.1) is 0 Å². The van der Waals surface area contributed by atoms with Crippen LogP contribution in [0.15, 0.2) is 52.4 Å². The average Bonchev–Trinajstić information content (AvgIpc) is 3.45. The molecule has 176 valence electrons. The Balaban J connectivity index is 1.63. The van der Waals surface area contributed by atoms with Gasteiger partial charge in [0.05, 0.1) is 23.1 Å². The van der Waals surface area contributed by atoms with Crippen LogP contribution in [-0.4, -0.2) is 40.7 Å². The molecule has 1 fully saturated rings. The second-order valence-electron chi connectivity index (χ2n) is 8.12. The molecule has 35 heavy (non-hydrogen) atoms. The molecule has 1 unspecified atom stereocenters. The van der Waals surface area contributed by atoms with Crippen LogP contribution < -0.4 is 21.8 Å². The molecule has 13 heteroatoms. The zero-order valence-corrected chi connectivity index (χ0v) is 18.8. The number of H-pyrrole nitrogens is 1. The summed E-state index contributed by atoms with van der Waals surface area (Å²) in [6.07, 6.45) is 4.14. The molecule has 0 spiro atoms. The van der Waals surface area contributed by atoms with E-state index in [1.807, 2.05) is 4.90 Å². The van der Waals surface area contributed by atoms with Crippen molar-refractivity contribution in [2.75, 3.05) is 17.2 Å². The van der Waals surface area contributed by atoms with Crippen molar-refractivity contribution >= 4 is 39.9 Å². The molecule has 1 atom stereocenters. The van der Waals surface area contributed by atoms with Gasteiger partial charge in [0.25, 0.3) is 11.1 Å². The molecule has 0 bridgehead atoms. The summed E-state index contributed by atoms with van der Waals surface area (Å²) in [5.74, 6) is 0.0961. The molecule has 1 aromatic carbocycles. The minimum absolute atomic E-state index is 0.0249. The van der Waals surface area contributed by atoms with Crippen LogP contribution in [0.1, 0.15) is 24.7 Å². The van der Waals surface area contributed by atoms with Gasteiger partial charge in [0.1, 0.15) is 22.5 Å². The number of nitrogens with two attached hydrogens (primary N) is 1. The van der Waals surface area contributed by atoms with Crippen LogP contribution in [-0.2, 0) is 0 Å². The van der Waals surface area contributed by atoms with E-state index in [2.05, 4.69) is 19.9 Å². The second kappa shape index (κ2) is 7.87. The second-order valence-corrected chi connectivity index (χ2v) is 8.53. The number of fused-ring (bicyclic) bond motifs is 2. The molecule has 5 heterocycles. The number of aromatic amines is 1. The molecule has 1 aliphatic rings. The highest BCUT2D eigenvalue weighted by Crippen LogP contribution is 2.37. The van der Waals surface area contributed by atoms with Crippen molar-refractivity contribution in [3.8, 4) is 5.69 Å². The van der Waals surface area contributed by atoms with Gasteiger partial charge in [-0.25, -0.2) is 8.91 Å². The maximum Gasteiger partial charge on any atom is 0.285 e. The van der Waals surface area contributed by atoms with E-state index in [1.54, 1.807) is 18.3 Å². The summed E-state index contributed by atoms with van der Waals surface area (Å²) in [4.78, 5) is 43.2. The van der Waals surface area contributed by atoms with Gasteiger partial charge in [0.15, 0.2) is 11.5 Å². The summed E-state index contributed by atoms with van der Waals surface area (Å²) in [6, 6.07) is 6.76. The Labute approximate surface area is 200 Å². The summed E-state index contributed by atoms with van der Waals surface area (Å²) in [5.41, 5.74) is 5.70. The molecule has 11 nitrogen and oxygen atoms in total. The van der Waals surface area contributed by atoms with E-state index < -0.39 is 23.0 Å². The molecule has 0 saturated carbocycles. The maximum atomic E-state index is 14.2. The molecule has 1 aliphatic heterocycles. The highest BCUT2D eigenvalue weighted by atomic mass is 35.5. The quantitative estimate of drug-likeness (QED) is 0.390. The fourth-order valence-electron chi connectivity index (χ4n) is 4.61. The molecule has 1 saturated heterocycles. The highest BCUT2D eigenvalue weighted by Gasteiger charge is 2.34. The van der Waals surface area contributed by atoms with E-state index in [4.69, 9.17) is 22.4 Å². The number of nitrogens with zero attached hydrogens (tertiary/aromatic N) is 7. The minimum Gasteiger partial charge on any atom is -0.368 e. The smallest absolute Gasteiger partial charge is 0.285 e. The Kier molecular flexibility index (Phi) is 4.78. The third kappa shape index (κ3) is 3.33. The standard InChI is InChI=1S/C22H17ClFN9O2/c23-13-6-8-32-16(13)21(35)33(12-4-1-3-11(24)9-12)18(30-32)14-5-2-7-31(14)19-15-17(28-22(25)29-19)26-10-27-20(15)34/h1,3-4,6,8-10,14H,2,5,7H2,(H3,25,26,27,28,29,34). The molecule has 3 N–H and O–H groups in total. The monoisotopic (exact) mass is 493 g/mol. The topological polar surface area (TPSA) is 140 Å². The number of aromatic nitrogens is 7. The van der Waals surface area contributed by atoms with Crippen molar-refractivity contribution in [3.05, 3.63) is 80.2 Å². The van der Waals surface area contributed by atoms with Gasteiger partial charge in [-0.2, -0.15) is 20.1 Å². The van der Waals surface area contributed by atoms with E-state index >= 15 is 0 Å². The summed E-state index contributed by atoms with van der Waals surface area (Å²) in [5, 5.41) is 5.11. The predicted molar refractivity (Wildman–Crippen MR) is 127 cm³/mol. The van der Waals surface area contributed by atoms with E-state index in [-0.39, 0.29) is 33.3 Å². The van der Waals surface area contributed by atoms with Gasteiger partial charge in [0, 0.05) is 12.7 Å². The van der Waals surface area contributed by atoms with Crippen molar-refractivity contribution < 1.29 is 4.39 Å². The highest BCUT2D eigenvalue weighted by molar-refractivity contribution is 6.33. The maximum absolute atomic E-state index is 14.2. The van der Waals surface area contributed by atoms with Gasteiger partial charge in [-0.05, 0) is 37.1 Å². The first-order valence-corrected chi connectivity index (χ1v) is 11.1. The van der Waals surface area contributed by atoms with Gasteiger partial charge in [-0.1, -0.05) is 17.7 Å². The lowest BCUT2D eigenvalue weighted by molar-refractivity contribution is 0.596. The Bertz CT molecular complexity index is 1750. The summed E-state index contributed by atoms with van der Waals surface area (Å²) >= 11 is 6.27. The van der Waals surface area contributed by atoms with Gasteiger partial charge in [-0.3, -0.25) is 14.2 Å². The van der Waals surface area contributed by atoms with Gasteiger partial charge >= 0.3 is 0 Å². The van der Waals surface area contributed by atoms with Crippen molar-refractivity contribution in [2.24, 2.45) is 0 Å². The van der Waals surface area contributed by atoms with Crippen LogP contribution in [0.5, 0.6) is 0 Å². The summed E-state index contributed by atoms with van der Waals surface area (Å²) < 4.78 is 16.9. The number of hydrogen-bond acceptors (Lipinski definition) is 8. The van der Waals surface area contributed by atoms with Crippen molar-refractivity contribution in [1.82, 2.24) is 34.1 Å². The van der Waals surface area contributed by atoms with E-state index in [1.165, 1.54) is 33.6 Å². The van der Waals surface area contributed by atoms with Crippen molar-refractivity contribution in [1.29, 1.82) is 0 Å². The van der Waals surface area contributed by atoms with Crippen LogP contribution >= 0.6 is 11.6 Å². The number of nitrogens with one attached hydrogen (secondary N) is 1. The van der Waals surface area contributed by atoms with Crippen LogP contribution in [0.25, 0.3) is 22.2 Å². The lowest BCUT2D eigenvalue weighted by atomic mass is 10.2. The first-order valence-electron chi connectivity index (χ1n) is 10.8. The number of nitrogen functional groups attached to an aromatic ring is 1. The van der Waals surface area contributed by atoms with Crippen molar-refractivity contribution in [2.45, 2.75) is 18.9 Å².